The van der Waals surface area contributed by atoms with Gasteiger partial charge in [-0.3, -0.25) is 4.90 Å². The predicted molar refractivity (Wildman–Crippen MR) is 93.7 cm³/mol. The normalized spacial score (nSPS) is 19.4. The van der Waals surface area contributed by atoms with Crippen LogP contribution in [0.25, 0.3) is 21.7 Å². The first-order valence-electron chi connectivity index (χ1n) is 8.37. The smallest absolute Gasteiger partial charge is 0.336 e. The lowest BCUT2D eigenvalue weighted by Gasteiger charge is -2.31. The van der Waals surface area contributed by atoms with Crippen molar-refractivity contribution in [2.45, 2.75) is 26.3 Å². The molecule has 118 valence electrons. The summed E-state index contributed by atoms with van der Waals surface area (Å²) < 4.78 is 5.45. The van der Waals surface area contributed by atoms with Crippen molar-refractivity contribution in [2.75, 3.05) is 13.1 Å². The van der Waals surface area contributed by atoms with Crippen molar-refractivity contribution in [3.8, 4) is 0 Å². The Morgan fingerprint density at radius 2 is 2.09 bits per heavy atom. The van der Waals surface area contributed by atoms with Crippen LogP contribution in [0.5, 0.6) is 0 Å². The average molecular weight is 307 g/mol. The van der Waals surface area contributed by atoms with Crippen LogP contribution in [0.15, 0.2) is 51.7 Å². The highest BCUT2D eigenvalue weighted by Gasteiger charge is 2.18. The Hall–Kier alpha value is -2.13. The third-order valence-electron chi connectivity index (χ3n) is 4.85. The van der Waals surface area contributed by atoms with Crippen molar-refractivity contribution >= 4 is 21.7 Å². The van der Waals surface area contributed by atoms with Crippen molar-refractivity contribution in [1.82, 2.24) is 4.90 Å². The molecule has 1 fully saturated rings. The Balaban J connectivity index is 1.87. The lowest BCUT2D eigenvalue weighted by atomic mass is 9.98. The third kappa shape index (κ3) is 2.77. The molecule has 0 amide bonds. The monoisotopic (exact) mass is 307 g/mol. The summed E-state index contributed by atoms with van der Waals surface area (Å²) in [6.45, 7) is 5.34. The van der Waals surface area contributed by atoms with Crippen molar-refractivity contribution in [2.24, 2.45) is 5.92 Å². The second-order valence-electron chi connectivity index (χ2n) is 6.73. The van der Waals surface area contributed by atoms with Gasteiger partial charge in [-0.05, 0) is 47.7 Å². The number of piperidine rings is 1. The van der Waals surface area contributed by atoms with E-state index < -0.39 is 0 Å². The minimum Gasteiger partial charge on any atom is -0.423 e. The van der Waals surface area contributed by atoms with Crippen LogP contribution >= 0.6 is 0 Å². The van der Waals surface area contributed by atoms with Gasteiger partial charge in [0, 0.05) is 24.5 Å². The summed E-state index contributed by atoms with van der Waals surface area (Å²) in [5.74, 6) is 0.729. The van der Waals surface area contributed by atoms with E-state index >= 15 is 0 Å². The van der Waals surface area contributed by atoms with Gasteiger partial charge in [-0.25, -0.2) is 4.79 Å². The first kappa shape index (κ1) is 14.5. The fraction of sp³-hybridized carbons (Fsp3) is 0.350. The fourth-order valence-corrected chi connectivity index (χ4v) is 3.82. The molecule has 0 spiro atoms. The van der Waals surface area contributed by atoms with Gasteiger partial charge in [-0.2, -0.15) is 0 Å². The molecular weight excluding hydrogens is 286 g/mol. The molecule has 0 saturated carbocycles. The quantitative estimate of drug-likeness (QED) is 0.526. The Morgan fingerprint density at radius 3 is 2.96 bits per heavy atom. The fourth-order valence-electron chi connectivity index (χ4n) is 3.82. The molecule has 1 aliphatic rings. The van der Waals surface area contributed by atoms with Crippen LogP contribution in [0.1, 0.15) is 25.3 Å². The second kappa shape index (κ2) is 5.82. The summed E-state index contributed by atoms with van der Waals surface area (Å²) in [7, 11) is 0. The highest BCUT2D eigenvalue weighted by molar-refractivity contribution is 6.07. The van der Waals surface area contributed by atoms with Crippen molar-refractivity contribution in [1.29, 1.82) is 0 Å². The molecule has 0 N–H and O–H groups in total. The van der Waals surface area contributed by atoms with Gasteiger partial charge in [-0.1, -0.05) is 37.3 Å². The van der Waals surface area contributed by atoms with Gasteiger partial charge in [0.25, 0.3) is 0 Å². The van der Waals surface area contributed by atoms with Gasteiger partial charge in [0.15, 0.2) is 0 Å². The van der Waals surface area contributed by atoms with Gasteiger partial charge in [-0.15, -0.1) is 0 Å². The van der Waals surface area contributed by atoms with Crippen LogP contribution in [0.3, 0.4) is 0 Å². The lowest BCUT2D eigenvalue weighted by Crippen LogP contribution is -2.34. The van der Waals surface area contributed by atoms with Crippen LogP contribution in [0.2, 0.25) is 0 Å². The van der Waals surface area contributed by atoms with E-state index in [4.69, 9.17) is 4.42 Å². The molecule has 1 saturated heterocycles. The van der Waals surface area contributed by atoms with Crippen LogP contribution in [0.4, 0.5) is 0 Å². The molecule has 23 heavy (non-hydrogen) atoms. The van der Waals surface area contributed by atoms with E-state index in [-0.39, 0.29) is 5.63 Å². The number of hydrogen-bond acceptors (Lipinski definition) is 3. The molecule has 1 aromatic heterocycles. The van der Waals surface area contributed by atoms with E-state index in [0.717, 1.165) is 41.9 Å². The molecule has 2 heterocycles. The second-order valence-corrected chi connectivity index (χ2v) is 6.73. The molecule has 3 heteroatoms. The Kier molecular flexibility index (Phi) is 3.66. The van der Waals surface area contributed by atoms with Gasteiger partial charge >= 0.3 is 5.63 Å². The number of benzene rings is 2. The van der Waals surface area contributed by atoms with E-state index in [1.54, 1.807) is 6.07 Å². The number of fused-ring (bicyclic) bond motifs is 3. The van der Waals surface area contributed by atoms with E-state index in [1.807, 2.05) is 24.3 Å². The highest BCUT2D eigenvalue weighted by atomic mass is 16.4. The van der Waals surface area contributed by atoms with Crippen LogP contribution in [0, 0.1) is 5.92 Å². The minimum absolute atomic E-state index is 0.257. The molecule has 1 aliphatic heterocycles. The summed E-state index contributed by atoms with van der Waals surface area (Å²) in [5.41, 5.74) is 1.52. The molecule has 2 aromatic carbocycles. The van der Waals surface area contributed by atoms with E-state index in [9.17, 15) is 4.79 Å². The third-order valence-corrected chi connectivity index (χ3v) is 4.85. The number of likely N-dealkylation sites (tertiary alicyclic amines) is 1. The molecule has 4 rings (SSSR count). The number of nitrogens with zero attached hydrogens (tertiary/aromatic N) is 1. The molecule has 0 radical (unpaired) electrons. The van der Waals surface area contributed by atoms with Crippen molar-refractivity contribution < 1.29 is 4.42 Å². The largest absolute Gasteiger partial charge is 0.423 e. The standard InChI is InChI=1S/C20H21NO2/c1-14-5-4-10-21(12-14)13-16-11-19(22)23-18-9-8-15-6-2-3-7-17(15)20(16)18/h2-3,6-9,11,14H,4-5,10,12-13H2,1H3/t14-/m0/s1. The van der Waals surface area contributed by atoms with E-state index in [2.05, 4.69) is 24.0 Å². The molecule has 3 nitrogen and oxygen atoms in total. The Labute approximate surface area is 135 Å². The maximum Gasteiger partial charge on any atom is 0.336 e. The zero-order valence-electron chi connectivity index (χ0n) is 13.4. The topological polar surface area (TPSA) is 33.5 Å². The van der Waals surface area contributed by atoms with E-state index in [0.29, 0.717) is 5.58 Å². The first-order valence-corrected chi connectivity index (χ1v) is 8.37. The molecule has 3 aromatic rings. The minimum atomic E-state index is -0.257. The molecule has 0 aliphatic carbocycles. The summed E-state index contributed by atoms with van der Waals surface area (Å²) in [6.07, 6.45) is 2.54. The number of hydrogen-bond donors (Lipinski definition) is 0. The SMILES string of the molecule is C[C@H]1CCCN(Cc2cc(=O)oc3ccc4ccccc4c23)C1. The van der Waals surface area contributed by atoms with E-state index in [1.165, 1.54) is 18.2 Å². The van der Waals surface area contributed by atoms with Gasteiger partial charge < -0.3 is 4.42 Å². The summed E-state index contributed by atoms with van der Waals surface area (Å²) >= 11 is 0. The van der Waals surface area contributed by atoms with Gasteiger partial charge in [0.1, 0.15) is 5.58 Å². The summed E-state index contributed by atoms with van der Waals surface area (Å²) in [6, 6.07) is 13.9. The lowest BCUT2D eigenvalue weighted by molar-refractivity contribution is 0.177. The molecule has 0 bridgehead atoms. The van der Waals surface area contributed by atoms with Crippen LogP contribution in [-0.4, -0.2) is 18.0 Å². The molecular formula is C20H21NO2. The van der Waals surface area contributed by atoms with Gasteiger partial charge in [0.05, 0.1) is 0 Å². The van der Waals surface area contributed by atoms with Crippen LogP contribution in [-0.2, 0) is 6.54 Å². The molecule has 0 unspecified atom stereocenters. The predicted octanol–water partition coefficient (Wildman–Crippen LogP) is 4.18. The van der Waals surface area contributed by atoms with Crippen molar-refractivity contribution in [3.05, 3.63) is 58.4 Å². The maximum absolute atomic E-state index is 12.0. The summed E-state index contributed by atoms with van der Waals surface area (Å²) in [5, 5.41) is 3.43. The average Bonchev–Trinajstić information content (AvgIpc) is 2.54. The first-order chi connectivity index (χ1) is 11.2. The zero-order valence-corrected chi connectivity index (χ0v) is 13.4. The van der Waals surface area contributed by atoms with Crippen LogP contribution < -0.4 is 5.63 Å². The maximum atomic E-state index is 12.0. The number of rotatable bonds is 2. The molecule has 1 atom stereocenters. The zero-order chi connectivity index (χ0) is 15.8. The van der Waals surface area contributed by atoms with Crippen molar-refractivity contribution in [3.63, 3.8) is 0 Å². The van der Waals surface area contributed by atoms with Gasteiger partial charge in [0.2, 0.25) is 0 Å². The Morgan fingerprint density at radius 1 is 1.22 bits per heavy atom. The Bertz CT molecular complexity index is 912. The summed E-state index contributed by atoms with van der Waals surface area (Å²) in [4.78, 5) is 14.4. The highest BCUT2D eigenvalue weighted by Crippen LogP contribution is 2.29.